The van der Waals surface area contributed by atoms with Gasteiger partial charge in [-0.15, -0.1) is 0 Å². The van der Waals surface area contributed by atoms with Crippen molar-refractivity contribution in [2.45, 2.75) is 33.1 Å². The molecule has 0 bridgehead atoms. The molecule has 0 aromatic carbocycles. The molecule has 0 radical (unpaired) electrons. The van der Waals surface area contributed by atoms with Crippen LogP contribution in [0.5, 0.6) is 0 Å². The maximum Gasteiger partial charge on any atom is 0.226 e. The molecule has 0 spiro atoms. The molecule has 1 saturated carbocycles. The highest BCUT2D eigenvalue weighted by atomic mass is 16.2. The number of amides is 1. The molecule has 2 aliphatic rings. The second-order valence-electron chi connectivity index (χ2n) is 5.76. The monoisotopic (exact) mass is 210 g/mol. The molecule has 3 nitrogen and oxygen atoms in total. The molecule has 1 aliphatic heterocycles. The van der Waals surface area contributed by atoms with E-state index in [1.54, 1.807) is 0 Å². The normalized spacial score (nSPS) is 33.1. The summed E-state index contributed by atoms with van der Waals surface area (Å²) in [6.45, 7) is 7.02. The van der Waals surface area contributed by atoms with Gasteiger partial charge >= 0.3 is 0 Å². The Morgan fingerprint density at radius 3 is 2.73 bits per heavy atom. The summed E-state index contributed by atoms with van der Waals surface area (Å²) in [6, 6.07) is 0. The molecule has 2 N–H and O–H groups in total. The first-order valence-corrected chi connectivity index (χ1v) is 6.03. The van der Waals surface area contributed by atoms with Gasteiger partial charge in [0, 0.05) is 19.0 Å². The third-order valence-corrected chi connectivity index (χ3v) is 3.98. The number of carbonyl (C=O) groups is 1. The average Bonchev–Trinajstić information content (AvgIpc) is 2.64. The summed E-state index contributed by atoms with van der Waals surface area (Å²) < 4.78 is 0. The molecule has 1 saturated heterocycles. The van der Waals surface area contributed by atoms with Gasteiger partial charge in [0.05, 0.1) is 0 Å². The fourth-order valence-corrected chi connectivity index (χ4v) is 2.61. The van der Waals surface area contributed by atoms with Crippen molar-refractivity contribution in [3.05, 3.63) is 0 Å². The highest BCUT2D eigenvalue weighted by Gasteiger charge is 2.52. The first-order valence-electron chi connectivity index (χ1n) is 6.03. The van der Waals surface area contributed by atoms with Crippen molar-refractivity contribution in [2.24, 2.45) is 23.0 Å². The molecule has 0 aromatic rings. The number of likely N-dealkylation sites (tertiary alicyclic amines) is 1. The van der Waals surface area contributed by atoms with E-state index in [1.165, 1.54) is 0 Å². The van der Waals surface area contributed by atoms with Gasteiger partial charge in [-0.1, -0.05) is 13.8 Å². The molecule has 1 amide bonds. The molecular formula is C12H22N2O. The molecule has 1 heterocycles. The van der Waals surface area contributed by atoms with Crippen molar-refractivity contribution in [2.75, 3.05) is 19.6 Å². The fourth-order valence-electron chi connectivity index (χ4n) is 2.61. The molecule has 15 heavy (non-hydrogen) atoms. The molecule has 2 fully saturated rings. The smallest absolute Gasteiger partial charge is 0.226 e. The van der Waals surface area contributed by atoms with E-state index in [-0.39, 0.29) is 5.41 Å². The van der Waals surface area contributed by atoms with Crippen molar-refractivity contribution in [1.82, 2.24) is 4.90 Å². The van der Waals surface area contributed by atoms with E-state index in [0.29, 0.717) is 17.7 Å². The molecule has 86 valence electrons. The fraction of sp³-hybridized carbons (Fsp3) is 0.917. The van der Waals surface area contributed by atoms with Gasteiger partial charge in [-0.3, -0.25) is 4.79 Å². The zero-order chi connectivity index (χ0) is 11.1. The van der Waals surface area contributed by atoms with Crippen molar-refractivity contribution >= 4 is 5.91 Å². The van der Waals surface area contributed by atoms with Crippen molar-refractivity contribution in [1.29, 1.82) is 0 Å². The molecule has 3 heteroatoms. The predicted octanol–water partition coefficient (Wildman–Crippen LogP) is 1.23. The summed E-state index contributed by atoms with van der Waals surface area (Å²) in [6.07, 6.45) is 3.29. The van der Waals surface area contributed by atoms with Crippen LogP contribution in [0.15, 0.2) is 0 Å². The van der Waals surface area contributed by atoms with E-state index in [4.69, 9.17) is 5.73 Å². The largest absolute Gasteiger partial charge is 0.342 e. The molecule has 1 aliphatic carbocycles. The quantitative estimate of drug-likeness (QED) is 0.761. The maximum atomic E-state index is 12.1. The molecule has 0 aromatic heterocycles. The lowest BCUT2D eigenvalue weighted by Gasteiger charge is -2.17. The average molecular weight is 210 g/mol. The Morgan fingerprint density at radius 1 is 1.53 bits per heavy atom. The third-order valence-electron chi connectivity index (χ3n) is 3.98. The van der Waals surface area contributed by atoms with Crippen LogP contribution in [0.25, 0.3) is 0 Å². The topological polar surface area (TPSA) is 46.3 Å². The lowest BCUT2D eigenvalue weighted by Crippen LogP contribution is -2.31. The van der Waals surface area contributed by atoms with E-state index in [1.807, 2.05) is 0 Å². The minimum atomic E-state index is 0.267. The van der Waals surface area contributed by atoms with E-state index in [9.17, 15) is 4.79 Å². The van der Waals surface area contributed by atoms with Crippen LogP contribution in [-0.2, 0) is 4.79 Å². The first-order chi connectivity index (χ1) is 7.04. The summed E-state index contributed by atoms with van der Waals surface area (Å²) in [5.41, 5.74) is 5.81. The van der Waals surface area contributed by atoms with E-state index < -0.39 is 0 Å². The Labute approximate surface area is 92.0 Å². The second-order valence-corrected chi connectivity index (χ2v) is 5.76. The summed E-state index contributed by atoms with van der Waals surface area (Å²) >= 11 is 0. The zero-order valence-corrected chi connectivity index (χ0v) is 9.83. The minimum absolute atomic E-state index is 0.267. The number of rotatable bonds is 3. The number of hydrogen-bond donors (Lipinski definition) is 1. The minimum Gasteiger partial charge on any atom is -0.342 e. The van der Waals surface area contributed by atoms with Crippen molar-refractivity contribution < 1.29 is 4.79 Å². The Morgan fingerprint density at radius 2 is 2.20 bits per heavy atom. The van der Waals surface area contributed by atoms with Crippen LogP contribution in [0.2, 0.25) is 0 Å². The molecular weight excluding hydrogens is 188 g/mol. The van der Waals surface area contributed by atoms with E-state index in [0.717, 1.165) is 38.9 Å². The van der Waals surface area contributed by atoms with Gasteiger partial charge in [0.25, 0.3) is 0 Å². The van der Waals surface area contributed by atoms with Crippen LogP contribution in [0.4, 0.5) is 0 Å². The third kappa shape index (κ3) is 2.17. The van der Waals surface area contributed by atoms with E-state index >= 15 is 0 Å². The van der Waals surface area contributed by atoms with Gasteiger partial charge in [0.2, 0.25) is 5.91 Å². The maximum absolute atomic E-state index is 12.1. The van der Waals surface area contributed by atoms with Gasteiger partial charge in [0.1, 0.15) is 0 Å². The summed E-state index contributed by atoms with van der Waals surface area (Å²) in [4.78, 5) is 14.1. The highest BCUT2D eigenvalue weighted by molar-refractivity contribution is 5.82. The van der Waals surface area contributed by atoms with Crippen LogP contribution < -0.4 is 5.73 Å². The van der Waals surface area contributed by atoms with Crippen molar-refractivity contribution in [3.8, 4) is 0 Å². The van der Waals surface area contributed by atoms with Crippen LogP contribution in [-0.4, -0.2) is 30.4 Å². The number of nitrogens with two attached hydrogens (primary N) is 1. The van der Waals surface area contributed by atoms with Gasteiger partial charge < -0.3 is 10.6 Å². The number of nitrogens with zero attached hydrogens (tertiary/aromatic N) is 1. The Kier molecular flexibility index (Phi) is 2.75. The van der Waals surface area contributed by atoms with Gasteiger partial charge in [-0.25, -0.2) is 0 Å². The van der Waals surface area contributed by atoms with Crippen molar-refractivity contribution in [3.63, 3.8) is 0 Å². The lowest BCUT2D eigenvalue weighted by atomic mass is 10.1. The molecule has 2 atom stereocenters. The van der Waals surface area contributed by atoms with Gasteiger partial charge in [-0.05, 0) is 37.1 Å². The highest BCUT2D eigenvalue weighted by Crippen LogP contribution is 2.52. The molecule has 2 rings (SSSR count). The van der Waals surface area contributed by atoms with Crippen LogP contribution >= 0.6 is 0 Å². The van der Waals surface area contributed by atoms with Crippen LogP contribution in [0.1, 0.15) is 33.1 Å². The summed E-state index contributed by atoms with van der Waals surface area (Å²) in [7, 11) is 0. The first kappa shape index (κ1) is 10.9. The van der Waals surface area contributed by atoms with Crippen LogP contribution in [0, 0.1) is 17.3 Å². The number of carbonyl (C=O) groups excluding carboxylic acids is 1. The summed E-state index contributed by atoms with van der Waals surface area (Å²) in [5, 5.41) is 0. The van der Waals surface area contributed by atoms with Gasteiger partial charge in [0.15, 0.2) is 0 Å². The Hall–Kier alpha value is -0.570. The predicted molar refractivity (Wildman–Crippen MR) is 60.2 cm³/mol. The lowest BCUT2D eigenvalue weighted by molar-refractivity contribution is -0.132. The molecule has 2 unspecified atom stereocenters. The zero-order valence-electron chi connectivity index (χ0n) is 9.83. The second kappa shape index (κ2) is 3.78. The van der Waals surface area contributed by atoms with Crippen LogP contribution in [0.3, 0.4) is 0 Å². The number of hydrogen-bond acceptors (Lipinski definition) is 2. The summed E-state index contributed by atoms with van der Waals surface area (Å²) in [5.74, 6) is 1.34. The Balaban J connectivity index is 1.84. The Bertz CT molecular complexity index is 262. The SMILES string of the molecule is CC1(C)CC1C(=O)N1CCC(CCN)C1. The van der Waals surface area contributed by atoms with Gasteiger partial charge in [-0.2, -0.15) is 0 Å². The standard InChI is InChI=1S/C12H22N2O/c1-12(2)7-10(12)11(15)14-6-4-9(8-14)3-5-13/h9-10H,3-8,13H2,1-2H3. The van der Waals surface area contributed by atoms with E-state index in [2.05, 4.69) is 18.7 Å².